The Hall–Kier alpha value is -1.01. The zero-order chi connectivity index (χ0) is 11.4. The zero-order valence-corrected chi connectivity index (χ0v) is 10.1. The van der Waals surface area contributed by atoms with Crippen LogP contribution in [0.15, 0.2) is 6.20 Å². The Balaban J connectivity index is 2.05. The number of carbonyl (C=O) groups excluding carboxylic acids is 1. The molecule has 1 atom stereocenters. The molecule has 16 heavy (non-hydrogen) atoms. The van der Waals surface area contributed by atoms with Gasteiger partial charge in [0, 0.05) is 18.1 Å². The minimum Gasteiger partial charge on any atom is -0.316 e. The molecule has 1 amide bonds. The minimum absolute atomic E-state index is 0.102. The molecule has 5 nitrogen and oxygen atoms in total. The molecule has 1 saturated heterocycles. The molecule has 6 heteroatoms. The van der Waals surface area contributed by atoms with E-state index in [1.807, 2.05) is 0 Å². The Bertz CT molecular complexity index is 346. The topological polar surface area (TPSA) is 66.9 Å². The van der Waals surface area contributed by atoms with Gasteiger partial charge in [-0.1, -0.05) is 17.8 Å². The number of hydrogen-bond donors (Lipinski definition) is 2. The van der Waals surface area contributed by atoms with Gasteiger partial charge >= 0.3 is 0 Å². The smallest absolute Gasteiger partial charge is 0.232 e. The number of rotatable bonds is 4. The summed E-state index contributed by atoms with van der Waals surface area (Å²) in [7, 11) is 0. The molecular weight excluding hydrogens is 224 g/mol. The number of aromatic nitrogens is 2. The maximum Gasteiger partial charge on any atom is 0.232 e. The van der Waals surface area contributed by atoms with Gasteiger partial charge in [0.15, 0.2) is 0 Å². The van der Waals surface area contributed by atoms with Crippen LogP contribution in [-0.2, 0) is 4.79 Å². The van der Waals surface area contributed by atoms with Crippen LogP contribution in [0.4, 0.5) is 5.00 Å². The molecule has 0 radical (unpaired) electrons. The largest absolute Gasteiger partial charge is 0.316 e. The molecule has 0 spiro atoms. The molecule has 2 rings (SSSR count). The summed E-state index contributed by atoms with van der Waals surface area (Å²) in [6.07, 6.45) is 4.46. The summed E-state index contributed by atoms with van der Waals surface area (Å²) in [5, 5.41) is 10.6. The van der Waals surface area contributed by atoms with E-state index in [0.29, 0.717) is 0 Å². The lowest BCUT2D eigenvalue weighted by Gasteiger charge is -2.25. The van der Waals surface area contributed by atoms with Crippen LogP contribution in [0.5, 0.6) is 0 Å². The van der Waals surface area contributed by atoms with Gasteiger partial charge in [-0.05, 0) is 19.4 Å². The summed E-state index contributed by atoms with van der Waals surface area (Å²) in [6.45, 7) is 3.81. The monoisotopic (exact) mass is 240 g/mol. The molecule has 1 aliphatic heterocycles. The van der Waals surface area contributed by atoms with Crippen molar-refractivity contribution in [2.75, 3.05) is 18.4 Å². The van der Waals surface area contributed by atoms with Crippen molar-refractivity contribution >= 4 is 22.4 Å². The maximum absolute atomic E-state index is 12.2. The molecular formula is C10H16N4OS. The standard InChI is InChI=1S/C10H16N4OS/c1-2-3-10(4-5-11-7-10)9(15)13-8-6-12-14-16-8/h6,11H,2-5,7H2,1H3,(H,13,15). The van der Waals surface area contributed by atoms with Crippen LogP contribution in [0.3, 0.4) is 0 Å². The van der Waals surface area contributed by atoms with Gasteiger partial charge < -0.3 is 10.6 Å². The quantitative estimate of drug-likeness (QED) is 0.831. The van der Waals surface area contributed by atoms with Crippen molar-refractivity contribution in [3.05, 3.63) is 6.20 Å². The van der Waals surface area contributed by atoms with Crippen molar-refractivity contribution in [3.63, 3.8) is 0 Å². The molecule has 2 heterocycles. The van der Waals surface area contributed by atoms with Crippen molar-refractivity contribution in [3.8, 4) is 0 Å². The molecule has 88 valence electrons. The van der Waals surface area contributed by atoms with E-state index in [4.69, 9.17) is 0 Å². The Morgan fingerprint density at radius 2 is 2.62 bits per heavy atom. The lowest BCUT2D eigenvalue weighted by molar-refractivity contribution is -0.125. The Morgan fingerprint density at radius 1 is 1.75 bits per heavy atom. The molecule has 1 aromatic heterocycles. The lowest BCUT2D eigenvalue weighted by atomic mass is 9.81. The number of nitrogens with zero attached hydrogens (tertiary/aromatic N) is 2. The molecule has 1 aliphatic rings. The van der Waals surface area contributed by atoms with Gasteiger partial charge in [0.2, 0.25) is 5.91 Å². The van der Waals surface area contributed by atoms with E-state index >= 15 is 0 Å². The first-order chi connectivity index (χ1) is 7.77. The van der Waals surface area contributed by atoms with E-state index in [1.165, 1.54) is 11.5 Å². The van der Waals surface area contributed by atoms with Crippen LogP contribution >= 0.6 is 11.5 Å². The van der Waals surface area contributed by atoms with Gasteiger partial charge in [-0.15, -0.1) is 5.10 Å². The molecule has 0 saturated carbocycles. The normalized spacial score (nSPS) is 24.6. The molecule has 1 unspecified atom stereocenters. The molecule has 0 aromatic carbocycles. The summed E-state index contributed by atoms with van der Waals surface area (Å²) in [4.78, 5) is 12.2. The van der Waals surface area contributed by atoms with Crippen LogP contribution in [0, 0.1) is 5.41 Å². The average Bonchev–Trinajstić information content (AvgIpc) is 2.89. The molecule has 1 fully saturated rings. The summed E-state index contributed by atoms with van der Waals surface area (Å²) in [5.74, 6) is 0.102. The van der Waals surface area contributed by atoms with Gasteiger partial charge in [-0.2, -0.15) is 0 Å². The van der Waals surface area contributed by atoms with E-state index in [2.05, 4.69) is 27.1 Å². The third-order valence-corrected chi connectivity index (χ3v) is 3.63. The van der Waals surface area contributed by atoms with E-state index < -0.39 is 0 Å². The second kappa shape index (κ2) is 4.88. The molecule has 0 bridgehead atoms. The van der Waals surface area contributed by atoms with Crippen molar-refractivity contribution in [2.45, 2.75) is 26.2 Å². The summed E-state index contributed by atoms with van der Waals surface area (Å²) in [5.41, 5.74) is -0.237. The summed E-state index contributed by atoms with van der Waals surface area (Å²) in [6, 6.07) is 0. The van der Waals surface area contributed by atoms with Gasteiger partial charge in [0.1, 0.15) is 5.00 Å². The fraction of sp³-hybridized carbons (Fsp3) is 0.700. The lowest BCUT2D eigenvalue weighted by Crippen LogP contribution is -2.37. The molecule has 1 aromatic rings. The third kappa shape index (κ3) is 2.22. The van der Waals surface area contributed by atoms with Gasteiger partial charge in [-0.3, -0.25) is 4.79 Å². The average molecular weight is 240 g/mol. The molecule has 2 N–H and O–H groups in total. The zero-order valence-electron chi connectivity index (χ0n) is 9.32. The maximum atomic E-state index is 12.2. The first-order valence-corrected chi connectivity index (χ1v) is 6.34. The highest BCUT2D eigenvalue weighted by Gasteiger charge is 2.40. The fourth-order valence-corrected chi connectivity index (χ4v) is 2.62. The van der Waals surface area contributed by atoms with Crippen LogP contribution in [0.25, 0.3) is 0 Å². The van der Waals surface area contributed by atoms with Crippen molar-refractivity contribution in [1.29, 1.82) is 0 Å². The highest BCUT2D eigenvalue weighted by Crippen LogP contribution is 2.32. The van der Waals surface area contributed by atoms with Crippen molar-refractivity contribution in [2.24, 2.45) is 5.41 Å². The van der Waals surface area contributed by atoms with Crippen LogP contribution in [0.2, 0.25) is 0 Å². The summed E-state index contributed by atoms with van der Waals surface area (Å²) >= 11 is 1.21. The van der Waals surface area contributed by atoms with Crippen molar-refractivity contribution in [1.82, 2.24) is 14.9 Å². The highest BCUT2D eigenvalue weighted by molar-refractivity contribution is 7.10. The first kappa shape index (κ1) is 11.5. The Labute approximate surface area is 98.8 Å². The second-order valence-corrected chi connectivity index (χ2v) is 4.98. The highest BCUT2D eigenvalue weighted by atomic mass is 32.1. The van der Waals surface area contributed by atoms with E-state index in [0.717, 1.165) is 37.4 Å². The van der Waals surface area contributed by atoms with E-state index in [1.54, 1.807) is 6.20 Å². The Morgan fingerprint density at radius 3 is 3.19 bits per heavy atom. The van der Waals surface area contributed by atoms with Gasteiger partial charge in [0.25, 0.3) is 0 Å². The number of hydrogen-bond acceptors (Lipinski definition) is 5. The van der Waals surface area contributed by atoms with E-state index in [-0.39, 0.29) is 11.3 Å². The second-order valence-electron chi connectivity index (χ2n) is 4.19. The minimum atomic E-state index is -0.237. The van der Waals surface area contributed by atoms with Crippen LogP contribution in [0.1, 0.15) is 26.2 Å². The van der Waals surface area contributed by atoms with Gasteiger partial charge in [-0.25, -0.2) is 0 Å². The SMILES string of the molecule is CCCC1(C(=O)Nc2cnns2)CCNC1. The van der Waals surface area contributed by atoms with Crippen LogP contribution in [-0.4, -0.2) is 28.6 Å². The predicted octanol–water partition coefficient (Wildman–Crippen LogP) is 1.26. The number of anilines is 1. The third-order valence-electron chi connectivity index (χ3n) is 3.05. The molecule has 0 aliphatic carbocycles. The number of amides is 1. The van der Waals surface area contributed by atoms with E-state index in [9.17, 15) is 4.79 Å². The Kier molecular flexibility index (Phi) is 3.50. The number of nitrogens with one attached hydrogen (secondary N) is 2. The predicted molar refractivity (Wildman–Crippen MR) is 63.4 cm³/mol. The van der Waals surface area contributed by atoms with Crippen LogP contribution < -0.4 is 10.6 Å². The number of carbonyl (C=O) groups is 1. The summed E-state index contributed by atoms with van der Waals surface area (Å²) < 4.78 is 3.73. The first-order valence-electron chi connectivity index (χ1n) is 5.56. The van der Waals surface area contributed by atoms with Gasteiger partial charge in [0.05, 0.1) is 11.6 Å². The fourth-order valence-electron chi connectivity index (χ4n) is 2.21. The van der Waals surface area contributed by atoms with Crippen molar-refractivity contribution < 1.29 is 4.79 Å².